The highest BCUT2D eigenvalue weighted by atomic mass is 32.2. The van der Waals surface area contributed by atoms with E-state index in [-0.39, 0.29) is 6.42 Å². The number of thiophene rings is 1. The molecule has 0 atom stereocenters. The lowest BCUT2D eigenvalue weighted by atomic mass is 10.1. The third-order valence-electron chi connectivity index (χ3n) is 3.48. The van der Waals surface area contributed by atoms with Crippen molar-refractivity contribution in [3.63, 3.8) is 0 Å². The number of carboxylic acids is 1. The third-order valence-corrected chi connectivity index (χ3v) is 6.36. The lowest BCUT2D eigenvalue weighted by Gasteiger charge is -2.07. The van der Waals surface area contributed by atoms with Crippen molar-refractivity contribution in [2.24, 2.45) is 0 Å². The average Bonchev–Trinajstić information content (AvgIpc) is 3.06. The van der Waals surface area contributed by atoms with Crippen LogP contribution in [-0.2, 0) is 11.2 Å². The Morgan fingerprint density at radius 2 is 1.91 bits per heavy atom. The van der Waals surface area contributed by atoms with Crippen LogP contribution in [0.25, 0.3) is 10.2 Å². The molecule has 3 rings (SSSR count). The monoisotopic (exact) mass is 349 g/mol. The van der Waals surface area contributed by atoms with Crippen molar-refractivity contribution >= 4 is 51.2 Å². The highest BCUT2D eigenvalue weighted by Gasteiger charge is 2.18. The molecule has 3 nitrogen and oxygen atoms in total. The fourth-order valence-corrected chi connectivity index (χ4v) is 4.81. The predicted molar refractivity (Wildman–Crippen MR) is 95.4 cm³/mol. The minimum absolute atomic E-state index is 0.0675. The Balaban J connectivity index is 2.00. The Hall–Kier alpha value is -1.37. The minimum atomic E-state index is -0.789. The van der Waals surface area contributed by atoms with Crippen LogP contribution in [0.1, 0.15) is 11.3 Å². The highest BCUT2D eigenvalue weighted by Crippen LogP contribution is 2.36. The van der Waals surface area contributed by atoms with Gasteiger partial charge in [0.1, 0.15) is 4.83 Å². The van der Waals surface area contributed by atoms with Crippen LogP contribution >= 0.6 is 35.0 Å². The van der Waals surface area contributed by atoms with E-state index in [2.05, 4.69) is 34.5 Å². The van der Waals surface area contributed by atoms with Crippen molar-refractivity contribution in [1.29, 1.82) is 0 Å². The van der Waals surface area contributed by atoms with Crippen molar-refractivity contribution in [2.45, 2.75) is 23.1 Å². The summed E-state index contributed by atoms with van der Waals surface area (Å²) in [7, 11) is 0. The smallest absolute Gasteiger partial charge is 0.307 e. The summed E-state index contributed by atoms with van der Waals surface area (Å²) < 4.78 is 2.15. The molecule has 0 unspecified atom stereocenters. The molecule has 0 bridgehead atoms. The molecule has 0 amide bonds. The molecule has 2 heterocycles. The zero-order valence-electron chi connectivity index (χ0n) is 12.2. The Labute approximate surface area is 141 Å². The second-order valence-electron chi connectivity index (χ2n) is 4.84. The number of benzene rings is 1. The number of thioether (sulfide) groups is 1. The van der Waals surface area contributed by atoms with Gasteiger partial charge in [-0.05, 0) is 66.4 Å². The molecule has 114 valence electrons. The van der Waals surface area contributed by atoms with E-state index in [0.29, 0.717) is 0 Å². The van der Waals surface area contributed by atoms with Crippen LogP contribution in [0.5, 0.6) is 0 Å². The number of aliphatic carboxylic acids is 1. The van der Waals surface area contributed by atoms with Gasteiger partial charge in [-0.25, -0.2) is 0 Å². The molecule has 0 fully saturated rings. The summed E-state index contributed by atoms with van der Waals surface area (Å²) in [5.41, 5.74) is 1.93. The number of carboxylic acid groups (broad SMARTS) is 1. The fourth-order valence-electron chi connectivity index (χ4n) is 2.38. The maximum absolute atomic E-state index is 11.1. The first kappa shape index (κ1) is 15.5. The maximum Gasteiger partial charge on any atom is 0.307 e. The van der Waals surface area contributed by atoms with Gasteiger partial charge in [0.15, 0.2) is 0 Å². The summed E-state index contributed by atoms with van der Waals surface area (Å²) in [6.07, 6.45) is 2.13. The molecule has 0 aliphatic rings. The first-order valence-electron chi connectivity index (χ1n) is 6.71. The molecular weight excluding hydrogens is 334 g/mol. The Bertz CT molecular complexity index is 818. The van der Waals surface area contributed by atoms with Crippen LogP contribution in [0.4, 0.5) is 0 Å². The lowest BCUT2D eigenvalue weighted by Crippen LogP contribution is -2.01. The molecular formula is C16H15NO2S3. The summed E-state index contributed by atoms with van der Waals surface area (Å²) in [5.74, 6) is -0.789. The van der Waals surface area contributed by atoms with E-state index in [9.17, 15) is 4.79 Å². The molecule has 22 heavy (non-hydrogen) atoms. The molecule has 3 aromatic rings. The van der Waals surface area contributed by atoms with E-state index >= 15 is 0 Å². The van der Waals surface area contributed by atoms with Gasteiger partial charge >= 0.3 is 5.97 Å². The molecule has 1 N–H and O–H groups in total. The Morgan fingerprint density at radius 1 is 1.23 bits per heavy atom. The fraction of sp³-hybridized carbons (Fsp3) is 0.188. The van der Waals surface area contributed by atoms with Crippen LogP contribution in [-0.4, -0.2) is 21.3 Å². The summed E-state index contributed by atoms with van der Waals surface area (Å²) in [6.45, 7) is 1.99. The Kier molecular flexibility index (Phi) is 4.52. The van der Waals surface area contributed by atoms with Crippen LogP contribution in [0, 0.1) is 6.92 Å². The third kappa shape index (κ3) is 2.91. The lowest BCUT2D eigenvalue weighted by molar-refractivity contribution is -0.136. The van der Waals surface area contributed by atoms with Gasteiger partial charge in [0.05, 0.1) is 6.42 Å². The molecule has 0 spiro atoms. The SMILES string of the molecule is CSc1ccc(Sn2c(C)c(CC(=O)O)c3ccsc32)cc1. The number of rotatable bonds is 5. The zero-order chi connectivity index (χ0) is 15.7. The average molecular weight is 350 g/mol. The van der Waals surface area contributed by atoms with Crippen molar-refractivity contribution in [3.05, 3.63) is 47.0 Å². The van der Waals surface area contributed by atoms with Crippen LogP contribution < -0.4 is 0 Å². The number of aromatic nitrogens is 1. The molecule has 1 aromatic carbocycles. The van der Waals surface area contributed by atoms with E-state index in [0.717, 1.165) is 26.4 Å². The van der Waals surface area contributed by atoms with Gasteiger partial charge in [-0.3, -0.25) is 8.77 Å². The Morgan fingerprint density at radius 3 is 2.55 bits per heavy atom. The number of nitrogens with zero attached hydrogens (tertiary/aromatic N) is 1. The number of fused-ring (bicyclic) bond motifs is 1. The molecule has 0 saturated heterocycles. The van der Waals surface area contributed by atoms with E-state index < -0.39 is 5.97 Å². The number of hydrogen-bond acceptors (Lipinski definition) is 4. The quantitative estimate of drug-likeness (QED) is 0.664. The van der Waals surface area contributed by atoms with Crippen molar-refractivity contribution in [1.82, 2.24) is 3.97 Å². The standard InChI is InChI=1S/C16H15NO2S3/c1-10-14(9-15(18)19)13-7-8-21-16(13)17(10)22-12-5-3-11(20-2)4-6-12/h3-8H,9H2,1-2H3,(H,18,19). The van der Waals surface area contributed by atoms with Crippen molar-refractivity contribution < 1.29 is 9.90 Å². The van der Waals surface area contributed by atoms with Gasteiger partial charge in [-0.15, -0.1) is 23.1 Å². The van der Waals surface area contributed by atoms with E-state index in [1.807, 2.05) is 18.4 Å². The largest absolute Gasteiger partial charge is 0.481 e. The van der Waals surface area contributed by atoms with Gasteiger partial charge in [-0.2, -0.15) is 0 Å². The normalized spacial score (nSPS) is 11.2. The summed E-state index contributed by atoms with van der Waals surface area (Å²) in [6, 6.07) is 10.4. The van der Waals surface area contributed by atoms with E-state index in [1.54, 1.807) is 35.0 Å². The summed E-state index contributed by atoms with van der Waals surface area (Å²) >= 11 is 5.01. The van der Waals surface area contributed by atoms with Crippen LogP contribution in [0.3, 0.4) is 0 Å². The minimum Gasteiger partial charge on any atom is -0.481 e. The van der Waals surface area contributed by atoms with Gasteiger partial charge in [0.2, 0.25) is 0 Å². The maximum atomic E-state index is 11.1. The topological polar surface area (TPSA) is 42.2 Å². The molecule has 0 aliphatic heterocycles. The van der Waals surface area contributed by atoms with Crippen molar-refractivity contribution in [2.75, 3.05) is 6.26 Å². The van der Waals surface area contributed by atoms with Crippen LogP contribution in [0.15, 0.2) is 45.5 Å². The summed E-state index contributed by atoms with van der Waals surface area (Å²) in [4.78, 5) is 14.6. The van der Waals surface area contributed by atoms with Gasteiger partial charge in [-0.1, -0.05) is 0 Å². The molecule has 0 saturated carbocycles. The second-order valence-corrected chi connectivity index (χ2v) is 7.63. The highest BCUT2D eigenvalue weighted by molar-refractivity contribution is 7.98. The summed E-state index contributed by atoms with van der Waals surface area (Å²) in [5, 5.41) is 12.2. The molecule has 0 radical (unpaired) electrons. The van der Waals surface area contributed by atoms with Gasteiger partial charge in [0, 0.05) is 20.9 Å². The molecule has 0 aliphatic carbocycles. The predicted octanol–water partition coefficient (Wildman–Crippen LogP) is 4.92. The first-order valence-corrected chi connectivity index (χ1v) is 9.59. The number of carbonyl (C=O) groups is 1. The number of hydrogen-bond donors (Lipinski definition) is 1. The van der Waals surface area contributed by atoms with Gasteiger partial charge in [0.25, 0.3) is 0 Å². The molecule has 2 aromatic heterocycles. The first-order chi connectivity index (χ1) is 10.6. The van der Waals surface area contributed by atoms with Crippen LogP contribution in [0.2, 0.25) is 0 Å². The zero-order valence-corrected chi connectivity index (χ0v) is 14.6. The second kappa shape index (κ2) is 6.40. The molecule has 6 heteroatoms. The van der Waals surface area contributed by atoms with Gasteiger partial charge < -0.3 is 5.11 Å². The van der Waals surface area contributed by atoms with E-state index in [1.165, 1.54) is 4.90 Å². The van der Waals surface area contributed by atoms with Crippen molar-refractivity contribution in [3.8, 4) is 0 Å². The van der Waals surface area contributed by atoms with E-state index in [4.69, 9.17) is 5.11 Å².